The fourth-order valence-electron chi connectivity index (χ4n) is 3.99. The van der Waals surface area contributed by atoms with Crippen molar-refractivity contribution in [1.82, 2.24) is 0 Å². The molecule has 1 amide bonds. The number of Topliss-reactive ketones (excluding diaryl/α,β-unsaturated/α-hetero) is 1. The molecule has 0 radical (unpaired) electrons. The van der Waals surface area contributed by atoms with Crippen LogP contribution in [-0.4, -0.2) is 31.0 Å². The van der Waals surface area contributed by atoms with Crippen LogP contribution in [-0.2, 0) is 9.59 Å². The molecule has 36 heavy (non-hydrogen) atoms. The van der Waals surface area contributed by atoms with Crippen molar-refractivity contribution >= 4 is 46.3 Å². The molecule has 1 heterocycles. The summed E-state index contributed by atoms with van der Waals surface area (Å²) < 4.78 is 51.7. The lowest BCUT2D eigenvalue weighted by Crippen LogP contribution is -2.29. The molecular formula is C25H16Cl2F3NO5. The highest BCUT2D eigenvalue weighted by Gasteiger charge is 2.47. The van der Waals surface area contributed by atoms with E-state index in [0.29, 0.717) is 0 Å². The molecule has 11 heteroatoms. The van der Waals surface area contributed by atoms with Gasteiger partial charge in [0.2, 0.25) is 0 Å². The van der Waals surface area contributed by atoms with Gasteiger partial charge in [-0.15, -0.1) is 0 Å². The molecule has 4 rings (SSSR count). The quantitative estimate of drug-likeness (QED) is 0.243. The van der Waals surface area contributed by atoms with E-state index in [1.807, 2.05) is 0 Å². The van der Waals surface area contributed by atoms with Gasteiger partial charge in [0.1, 0.15) is 16.6 Å². The van der Waals surface area contributed by atoms with Gasteiger partial charge in [0, 0.05) is 11.8 Å². The minimum absolute atomic E-state index is 0.0296. The molecule has 1 fully saturated rings. The molecule has 1 aliphatic heterocycles. The second-order valence-electron chi connectivity index (χ2n) is 7.61. The lowest BCUT2D eigenvalue weighted by Gasteiger charge is -2.25. The van der Waals surface area contributed by atoms with Crippen LogP contribution in [0.15, 0.2) is 54.1 Å². The number of aliphatic hydroxyl groups excluding tert-OH is 1. The summed E-state index contributed by atoms with van der Waals surface area (Å²) in [4.78, 5) is 27.2. The van der Waals surface area contributed by atoms with E-state index in [0.717, 1.165) is 35.2 Å². The molecule has 1 aliphatic rings. The third-order valence-electron chi connectivity index (χ3n) is 5.61. The summed E-state index contributed by atoms with van der Waals surface area (Å²) in [7, 11) is 2.57. The van der Waals surface area contributed by atoms with Crippen molar-refractivity contribution < 1.29 is 37.3 Å². The van der Waals surface area contributed by atoms with Crippen LogP contribution in [0.2, 0.25) is 10.0 Å². The first kappa shape index (κ1) is 25.4. The Kier molecular flexibility index (Phi) is 6.88. The maximum Gasteiger partial charge on any atom is 0.300 e. The van der Waals surface area contributed by atoms with Crippen molar-refractivity contribution in [3.63, 3.8) is 0 Å². The molecule has 3 aromatic rings. The molecule has 0 aromatic heterocycles. The monoisotopic (exact) mass is 537 g/mol. The van der Waals surface area contributed by atoms with Gasteiger partial charge in [0.25, 0.3) is 11.7 Å². The van der Waals surface area contributed by atoms with Gasteiger partial charge in [-0.05, 0) is 35.9 Å². The standard InChI is InChI=1S/C25H16Cl2F3NO5/c1-35-23-14(10-15(26)24(36-2)19(23)27)21(32)18-20(11-3-5-12(28)6-4-11)31(25(34)22(18)33)13-7-8-16(29)17(30)9-13/h3-10,20,32H,1-2H3/b21-18+. The maximum atomic E-state index is 14.1. The Morgan fingerprint density at radius 2 is 1.56 bits per heavy atom. The number of ether oxygens (including phenoxy) is 2. The third-order valence-corrected chi connectivity index (χ3v) is 6.23. The van der Waals surface area contributed by atoms with Crippen LogP contribution >= 0.6 is 23.2 Å². The second kappa shape index (κ2) is 9.75. The number of aliphatic hydroxyl groups is 1. The fourth-order valence-corrected chi connectivity index (χ4v) is 4.67. The van der Waals surface area contributed by atoms with E-state index in [9.17, 15) is 27.9 Å². The average Bonchev–Trinajstić information content (AvgIpc) is 3.11. The van der Waals surface area contributed by atoms with E-state index < -0.39 is 46.5 Å². The number of halogens is 5. The molecule has 186 valence electrons. The van der Waals surface area contributed by atoms with Crippen molar-refractivity contribution in [3.05, 3.63) is 92.7 Å². The van der Waals surface area contributed by atoms with Crippen LogP contribution in [0.3, 0.4) is 0 Å². The molecule has 1 N–H and O–H groups in total. The third kappa shape index (κ3) is 4.14. The van der Waals surface area contributed by atoms with Gasteiger partial charge in [0.15, 0.2) is 23.1 Å². The Balaban J connectivity index is 2.02. The zero-order chi connectivity index (χ0) is 26.3. The number of benzene rings is 3. The molecule has 0 spiro atoms. The van der Waals surface area contributed by atoms with Crippen LogP contribution in [0.5, 0.6) is 11.5 Å². The number of ketones is 1. The summed E-state index contributed by atoms with van der Waals surface area (Å²) in [5, 5.41) is 11.2. The average molecular weight is 538 g/mol. The zero-order valence-electron chi connectivity index (χ0n) is 18.6. The Bertz CT molecular complexity index is 1430. The van der Waals surface area contributed by atoms with Gasteiger partial charge in [-0.2, -0.15) is 0 Å². The van der Waals surface area contributed by atoms with Crippen molar-refractivity contribution in [1.29, 1.82) is 0 Å². The Morgan fingerprint density at radius 1 is 0.917 bits per heavy atom. The van der Waals surface area contributed by atoms with Crippen molar-refractivity contribution in [2.45, 2.75) is 6.04 Å². The number of hydrogen-bond donors (Lipinski definition) is 1. The first-order chi connectivity index (χ1) is 17.1. The van der Waals surface area contributed by atoms with Crippen LogP contribution in [0, 0.1) is 17.5 Å². The van der Waals surface area contributed by atoms with E-state index in [2.05, 4.69) is 0 Å². The summed E-state index contributed by atoms with van der Waals surface area (Å²) in [6, 6.07) is 7.25. The molecule has 3 aromatic carbocycles. The molecule has 1 unspecified atom stereocenters. The van der Waals surface area contributed by atoms with Crippen LogP contribution in [0.1, 0.15) is 17.2 Å². The van der Waals surface area contributed by atoms with Crippen molar-refractivity contribution in [2.24, 2.45) is 0 Å². The van der Waals surface area contributed by atoms with Crippen molar-refractivity contribution in [3.8, 4) is 11.5 Å². The number of rotatable bonds is 5. The molecular weight excluding hydrogens is 522 g/mol. The molecule has 0 bridgehead atoms. The van der Waals surface area contributed by atoms with Gasteiger partial charge >= 0.3 is 0 Å². The van der Waals surface area contributed by atoms with Crippen LogP contribution in [0.25, 0.3) is 5.76 Å². The SMILES string of the molecule is COc1c(Cl)cc(/C(O)=C2\C(=O)C(=O)N(c3ccc(F)c(F)c3)C2c2ccc(F)cc2)c(OC)c1Cl. The molecule has 6 nitrogen and oxygen atoms in total. The first-order valence-electron chi connectivity index (χ1n) is 10.2. The lowest BCUT2D eigenvalue weighted by atomic mass is 9.94. The molecule has 0 saturated carbocycles. The summed E-state index contributed by atoms with van der Waals surface area (Å²) in [6.45, 7) is 0. The number of amides is 1. The smallest absolute Gasteiger partial charge is 0.300 e. The normalized spacial score (nSPS) is 17.0. The zero-order valence-corrected chi connectivity index (χ0v) is 20.1. The Hall–Kier alpha value is -3.69. The van der Waals surface area contributed by atoms with Gasteiger partial charge < -0.3 is 14.6 Å². The molecule has 0 aliphatic carbocycles. The number of anilines is 1. The molecule has 1 atom stereocenters. The number of methoxy groups -OCH3 is 2. The number of hydrogen-bond acceptors (Lipinski definition) is 5. The van der Waals surface area contributed by atoms with Crippen molar-refractivity contribution in [2.75, 3.05) is 19.1 Å². The fraction of sp³-hybridized carbons (Fsp3) is 0.120. The van der Waals surface area contributed by atoms with Crippen LogP contribution < -0.4 is 14.4 Å². The van der Waals surface area contributed by atoms with Gasteiger partial charge in [-0.25, -0.2) is 13.2 Å². The summed E-state index contributed by atoms with van der Waals surface area (Å²) in [5.41, 5.74) is -0.538. The number of nitrogens with zero attached hydrogens (tertiary/aromatic N) is 1. The van der Waals surface area contributed by atoms with E-state index in [1.165, 1.54) is 32.4 Å². The van der Waals surface area contributed by atoms with E-state index in [1.54, 1.807) is 0 Å². The first-order valence-corrected chi connectivity index (χ1v) is 11.0. The van der Waals surface area contributed by atoms with Gasteiger partial charge in [0.05, 0.1) is 36.4 Å². The number of carbonyl (C=O) groups excluding carboxylic acids is 2. The summed E-state index contributed by atoms with van der Waals surface area (Å²) >= 11 is 12.5. The topological polar surface area (TPSA) is 76.1 Å². The van der Waals surface area contributed by atoms with E-state index >= 15 is 0 Å². The minimum atomic E-state index is -1.35. The predicted octanol–water partition coefficient (Wildman–Crippen LogP) is 6.05. The van der Waals surface area contributed by atoms with Gasteiger partial charge in [-0.1, -0.05) is 35.3 Å². The highest BCUT2D eigenvalue weighted by Crippen LogP contribution is 2.48. The minimum Gasteiger partial charge on any atom is -0.507 e. The highest BCUT2D eigenvalue weighted by molar-refractivity contribution is 6.52. The Labute approximate surface area is 213 Å². The van der Waals surface area contributed by atoms with Gasteiger partial charge in [-0.3, -0.25) is 14.5 Å². The van der Waals surface area contributed by atoms with E-state index in [4.69, 9.17) is 32.7 Å². The largest absolute Gasteiger partial charge is 0.507 e. The second-order valence-corrected chi connectivity index (χ2v) is 8.39. The predicted molar refractivity (Wildman–Crippen MR) is 127 cm³/mol. The highest BCUT2D eigenvalue weighted by atomic mass is 35.5. The maximum absolute atomic E-state index is 14.1. The molecule has 1 saturated heterocycles. The lowest BCUT2D eigenvalue weighted by molar-refractivity contribution is -0.132. The van der Waals surface area contributed by atoms with E-state index in [-0.39, 0.29) is 38.4 Å². The van der Waals surface area contributed by atoms with Crippen LogP contribution in [0.4, 0.5) is 18.9 Å². The summed E-state index contributed by atoms with van der Waals surface area (Å²) in [6.07, 6.45) is 0. The Morgan fingerprint density at radius 3 is 2.14 bits per heavy atom. The summed E-state index contributed by atoms with van der Waals surface area (Å²) in [5.74, 6) is -6.08. The number of carbonyl (C=O) groups is 2.